The highest BCUT2D eigenvalue weighted by Crippen LogP contribution is 2.24. The zero-order valence-electron chi connectivity index (χ0n) is 10.1. The number of carbonyl (C=O) groups is 1. The Morgan fingerprint density at radius 2 is 2.00 bits per heavy atom. The normalized spacial score (nSPS) is 10.3. The minimum absolute atomic E-state index is 0.0925. The standard InChI is InChI=1S/C14H11ClINO2/c1-8-6-10(16)3-4-12(8)17-14(19)11-7-9(15)2-5-13(11)18/h2-7,18H,1H3,(H,17,19). The summed E-state index contributed by atoms with van der Waals surface area (Å²) in [5, 5.41) is 12.8. The second-order valence-electron chi connectivity index (χ2n) is 4.07. The van der Waals surface area contributed by atoms with Gasteiger partial charge in [-0.3, -0.25) is 4.79 Å². The molecule has 0 heterocycles. The molecule has 0 spiro atoms. The Bertz CT molecular complexity index is 643. The lowest BCUT2D eigenvalue weighted by Crippen LogP contribution is -2.13. The minimum Gasteiger partial charge on any atom is -0.507 e. The maximum absolute atomic E-state index is 12.1. The van der Waals surface area contributed by atoms with Gasteiger partial charge in [-0.2, -0.15) is 0 Å². The Morgan fingerprint density at radius 3 is 2.68 bits per heavy atom. The Morgan fingerprint density at radius 1 is 1.26 bits per heavy atom. The number of amides is 1. The first kappa shape index (κ1) is 14.1. The molecule has 0 aliphatic rings. The lowest BCUT2D eigenvalue weighted by atomic mass is 10.1. The molecule has 2 aromatic carbocycles. The number of aryl methyl sites for hydroxylation is 1. The van der Waals surface area contributed by atoms with E-state index in [0.29, 0.717) is 10.7 Å². The lowest BCUT2D eigenvalue weighted by Gasteiger charge is -2.10. The maximum atomic E-state index is 12.1. The summed E-state index contributed by atoms with van der Waals surface area (Å²) in [6, 6.07) is 10.1. The summed E-state index contributed by atoms with van der Waals surface area (Å²) in [7, 11) is 0. The third kappa shape index (κ3) is 3.39. The van der Waals surface area contributed by atoms with Gasteiger partial charge in [0.2, 0.25) is 0 Å². The Kier molecular flexibility index (Phi) is 4.31. The van der Waals surface area contributed by atoms with Crippen LogP contribution in [0.4, 0.5) is 5.69 Å². The fraction of sp³-hybridized carbons (Fsp3) is 0.0714. The number of hydrogen-bond acceptors (Lipinski definition) is 2. The largest absolute Gasteiger partial charge is 0.507 e. The molecule has 0 bridgehead atoms. The van der Waals surface area contributed by atoms with Crippen LogP contribution in [-0.4, -0.2) is 11.0 Å². The zero-order chi connectivity index (χ0) is 14.0. The summed E-state index contributed by atoms with van der Waals surface area (Å²) in [5.74, 6) is -0.477. The molecule has 0 fully saturated rings. The van der Waals surface area contributed by atoms with Gasteiger partial charge in [-0.25, -0.2) is 0 Å². The predicted octanol–water partition coefficient (Wildman–Crippen LogP) is 4.21. The molecule has 0 saturated heterocycles. The molecule has 2 rings (SSSR count). The molecule has 98 valence electrons. The van der Waals surface area contributed by atoms with Gasteiger partial charge in [-0.1, -0.05) is 11.6 Å². The van der Waals surface area contributed by atoms with Crippen molar-refractivity contribution in [3.63, 3.8) is 0 Å². The van der Waals surface area contributed by atoms with Crippen LogP contribution in [0.1, 0.15) is 15.9 Å². The van der Waals surface area contributed by atoms with Gasteiger partial charge in [0, 0.05) is 14.3 Å². The van der Waals surface area contributed by atoms with Gasteiger partial charge < -0.3 is 10.4 Å². The van der Waals surface area contributed by atoms with Crippen molar-refractivity contribution in [2.24, 2.45) is 0 Å². The SMILES string of the molecule is Cc1cc(I)ccc1NC(=O)c1cc(Cl)ccc1O. The summed E-state index contributed by atoms with van der Waals surface area (Å²) in [5.41, 5.74) is 1.83. The van der Waals surface area contributed by atoms with E-state index in [1.807, 2.05) is 25.1 Å². The molecular weight excluding hydrogens is 377 g/mol. The molecule has 1 amide bonds. The van der Waals surface area contributed by atoms with Crippen molar-refractivity contribution < 1.29 is 9.90 Å². The van der Waals surface area contributed by atoms with E-state index in [0.717, 1.165) is 9.13 Å². The van der Waals surface area contributed by atoms with Crippen LogP contribution in [0.25, 0.3) is 0 Å². The molecule has 0 aliphatic heterocycles. The van der Waals surface area contributed by atoms with Crippen molar-refractivity contribution >= 4 is 45.8 Å². The lowest BCUT2D eigenvalue weighted by molar-refractivity contribution is 0.102. The molecule has 3 nitrogen and oxygen atoms in total. The molecule has 0 aromatic heterocycles. The maximum Gasteiger partial charge on any atom is 0.259 e. The average molecular weight is 388 g/mol. The Balaban J connectivity index is 2.28. The minimum atomic E-state index is -0.385. The highest BCUT2D eigenvalue weighted by Gasteiger charge is 2.12. The number of carbonyl (C=O) groups excluding carboxylic acids is 1. The first-order valence-corrected chi connectivity index (χ1v) is 6.99. The first-order valence-electron chi connectivity index (χ1n) is 5.53. The number of nitrogens with one attached hydrogen (secondary N) is 1. The van der Waals surface area contributed by atoms with Crippen LogP contribution >= 0.6 is 34.2 Å². The van der Waals surface area contributed by atoms with Crippen LogP contribution in [0.2, 0.25) is 5.02 Å². The highest BCUT2D eigenvalue weighted by molar-refractivity contribution is 14.1. The van der Waals surface area contributed by atoms with Crippen LogP contribution < -0.4 is 5.32 Å². The Hall–Kier alpha value is -1.27. The van der Waals surface area contributed by atoms with E-state index in [1.165, 1.54) is 18.2 Å². The zero-order valence-corrected chi connectivity index (χ0v) is 13.0. The number of anilines is 1. The average Bonchev–Trinajstić information content (AvgIpc) is 2.35. The molecule has 0 radical (unpaired) electrons. The third-order valence-corrected chi connectivity index (χ3v) is 3.55. The van der Waals surface area contributed by atoms with E-state index >= 15 is 0 Å². The molecule has 19 heavy (non-hydrogen) atoms. The second kappa shape index (κ2) is 5.79. The monoisotopic (exact) mass is 387 g/mol. The number of hydrogen-bond donors (Lipinski definition) is 2. The van der Waals surface area contributed by atoms with Crippen LogP contribution in [0.5, 0.6) is 5.75 Å². The quantitative estimate of drug-likeness (QED) is 0.758. The van der Waals surface area contributed by atoms with Gasteiger partial charge in [-0.15, -0.1) is 0 Å². The van der Waals surface area contributed by atoms with E-state index < -0.39 is 0 Å². The fourth-order valence-corrected chi connectivity index (χ4v) is 2.47. The highest BCUT2D eigenvalue weighted by atomic mass is 127. The van der Waals surface area contributed by atoms with Crippen molar-refractivity contribution in [3.8, 4) is 5.75 Å². The van der Waals surface area contributed by atoms with Crippen molar-refractivity contribution in [1.29, 1.82) is 0 Å². The third-order valence-electron chi connectivity index (χ3n) is 2.64. The van der Waals surface area contributed by atoms with Gasteiger partial charge in [0.15, 0.2) is 0 Å². The smallest absolute Gasteiger partial charge is 0.259 e. The molecule has 0 aliphatic carbocycles. The number of aromatic hydroxyl groups is 1. The summed E-state index contributed by atoms with van der Waals surface area (Å²) in [6.45, 7) is 1.91. The Labute approximate surface area is 129 Å². The van der Waals surface area contributed by atoms with Crippen LogP contribution in [0.3, 0.4) is 0 Å². The van der Waals surface area contributed by atoms with Crippen LogP contribution in [-0.2, 0) is 0 Å². The molecule has 0 saturated carbocycles. The molecule has 5 heteroatoms. The van der Waals surface area contributed by atoms with Gasteiger partial charge in [-0.05, 0) is 71.5 Å². The second-order valence-corrected chi connectivity index (χ2v) is 5.76. The number of halogens is 2. The fourth-order valence-electron chi connectivity index (χ4n) is 1.65. The van der Waals surface area contributed by atoms with Gasteiger partial charge in [0.05, 0.1) is 5.56 Å². The molecule has 2 aromatic rings. The van der Waals surface area contributed by atoms with E-state index in [2.05, 4.69) is 27.9 Å². The van der Waals surface area contributed by atoms with E-state index in [9.17, 15) is 9.90 Å². The van der Waals surface area contributed by atoms with Crippen molar-refractivity contribution in [2.75, 3.05) is 5.32 Å². The van der Waals surface area contributed by atoms with E-state index in [-0.39, 0.29) is 17.2 Å². The number of phenolic OH excluding ortho intramolecular Hbond substituents is 1. The van der Waals surface area contributed by atoms with Crippen LogP contribution in [0.15, 0.2) is 36.4 Å². The van der Waals surface area contributed by atoms with Crippen molar-refractivity contribution in [3.05, 3.63) is 56.1 Å². The van der Waals surface area contributed by atoms with E-state index in [1.54, 1.807) is 0 Å². The van der Waals surface area contributed by atoms with Crippen molar-refractivity contribution in [1.82, 2.24) is 0 Å². The summed E-state index contributed by atoms with van der Waals surface area (Å²) in [4.78, 5) is 12.1. The number of benzene rings is 2. The topological polar surface area (TPSA) is 49.3 Å². The first-order chi connectivity index (χ1) is 8.97. The summed E-state index contributed by atoms with van der Waals surface area (Å²) in [6.07, 6.45) is 0. The molecule has 2 N–H and O–H groups in total. The predicted molar refractivity (Wildman–Crippen MR) is 85.0 cm³/mol. The van der Waals surface area contributed by atoms with Gasteiger partial charge in [0.1, 0.15) is 5.75 Å². The summed E-state index contributed by atoms with van der Waals surface area (Å²) < 4.78 is 1.10. The number of rotatable bonds is 2. The summed E-state index contributed by atoms with van der Waals surface area (Å²) >= 11 is 8.03. The van der Waals surface area contributed by atoms with Gasteiger partial charge in [0.25, 0.3) is 5.91 Å². The van der Waals surface area contributed by atoms with Crippen molar-refractivity contribution in [2.45, 2.75) is 6.92 Å². The molecule has 0 atom stereocenters. The molecular formula is C14H11ClINO2. The van der Waals surface area contributed by atoms with Gasteiger partial charge >= 0.3 is 0 Å². The van der Waals surface area contributed by atoms with Crippen LogP contribution in [0, 0.1) is 10.5 Å². The molecule has 0 unspecified atom stereocenters. The number of phenols is 1. The van der Waals surface area contributed by atoms with E-state index in [4.69, 9.17) is 11.6 Å².